The number of imidazole rings is 1. The van der Waals surface area contributed by atoms with Crippen molar-refractivity contribution in [2.45, 2.75) is 19.4 Å². The molecule has 1 aliphatic heterocycles. The van der Waals surface area contributed by atoms with Crippen LogP contribution in [-0.2, 0) is 17.8 Å². The number of nitrogens with zero attached hydrogens (tertiary/aromatic N) is 4. The van der Waals surface area contributed by atoms with Crippen LogP contribution >= 0.6 is 0 Å². The summed E-state index contributed by atoms with van der Waals surface area (Å²) in [5.74, 6) is 1.53. The summed E-state index contributed by atoms with van der Waals surface area (Å²) in [6.45, 7) is 1.49. The van der Waals surface area contributed by atoms with Crippen molar-refractivity contribution in [3.63, 3.8) is 0 Å². The number of anilines is 1. The van der Waals surface area contributed by atoms with Gasteiger partial charge in [0.05, 0.1) is 25.0 Å². The number of fused-ring (bicyclic) bond motifs is 1. The average molecular weight is 417 g/mol. The van der Waals surface area contributed by atoms with Gasteiger partial charge in [-0.3, -0.25) is 9.79 Å². The highest BCUT2D eigenvalue weighted by Crippen LogP contribution is 2.26. The molecule has 4 rings (SSSR count). The van der Waals surface area contributed by atoms with E-state index in [1.807, 2.05) is 71.6 Å². The highest BCUT2D eigenvalue weighted by Gasteiger charge is 2.22. The lowest BCUT2D eigenvalue weighted by Crippen LogP contribution is -2.46. The molecule has 31 heavy (non-hydrogen) atoms. The third-order valence-electron chi connectivity index (χ3n) is 5.48. The van der Waals surface area contributed by atoms with Gasteiger partial charge in [-0.2, -0.15) is 0 Å². The number of rotatable bonds is 5. The molecule has 0 spiro atoms. The smallest absolute Gasteiger partial charge is 0.246 e. The summed E-state index contributed by atoms with van der Waals surface area (Å²) in [5.41, 5.74) is 4.33. The largest absolute Gasteiger partial charge is 0.347 e. The number of amides is 1. The van der Waals surface area contributed by atoms with E-state index < -0.39 is 0 Å². The van der Waals surface area contributed by atoms with E-state index in [9.17, 15) is 4.79 Å². The van der Waals surface area contributed by atoms with E-state index in [2.05, 4.69) is 26.3 Å². The van der Waals surface area contributed by atoms with Crippen LogP contribution in [0.3, 0.4) is 0 Å². The Hall–Kier alpha value is -3.61. The molecule has 1 aliphatic rings. The molecular formula is C24H28N6O. The van der Waals surface area contributed by atoms with Crippen LogP contribution in [0.1, 0.15) is 17.8 Å². The van der Waals surface area contributed by atoms with Crippen molar-refractivity contribution in [1.29, 1.82) is 0 Å². The van der Waals surface area contributed by atoms with Crippen molar-refractivity contribution in [3.05, 3.63) is 72.2 Å². The Labute approximate surface area is 182 Å². The number of aromatic amines is 1. The average Bonchev–Trinajstić information content (AvgIpc) is 3.28. The van der Waals surface area contributed by atoms with Crippen LogP contribution in [-0.4, -0.2) is 53.9 Å². The Bertz CT molecular complexity index is 1060. The lowest BCUT2D eigenvalue weighted by molar-refractivity contribution is -0.117. The van der Waals surface area contributed by atoms with Crippen molar-refractivity contribution >= 4 is 17.6 Å². The number of aromatic nitrogens is 2. The van der Waals surface area contributed by atoms with Gasteiger partial charge in [0.25, 0.3) is 0 Å². The molecule has 1 aromatic heterocycles. The number of aryl methyl sites for hydroxylation is 1. The van der Waals surface area contributed by atoms with E-state index in [1.54, 1.807) is 7.05 Å². The molecule has 0 atom stereocenters. The maximum Gasteiger partial charge on any atom is 0.246 e. The molecule has 0 fully saturated rings. The number of H-pyrrole nitrogens is 1. The van der Waals surface area contributed by atoms with Crippen LogP contribution in [0, 0.1) is 0 Å². The molecule has 0 saturated carbocycles. The molecule has 0 unspecified atom stereocenters. The molecule has 3 aromatic rings. The monoisotopic (exact) mass is 416 g/mol. The van der Waals surface area contributed by atoms with Crippen molar-refractivity contribution in [1.82, 2.24) is 20.2 Å². The van der Waals surface area contributed by atoms with E-state index in [0.29, 0.717) is 12.5 Å². The van der Waals surface area contributed by atoms with Gasteiger partial charge in [0.1, 0.15) is 5.82 Å². The highest BCUT2D eigenvalue weighted by molar-refractivity contribution is 5.98. The van der Waals surface area contributed by atoms with Crippen molar-refractivity contribution < 1.29 is 4.79 Å². The molecule has 2 aromatic carbocycles. The highest BCUT2D eigenvalue weighted by atomic mass is 16.2. The first-order valence-corrected chi connectivity index (χ1v) is 10.5. The minimum Gasteiger partial charge on any atom is -0.347 e. The third-order valence-corrected chi connectivity index (χ3v) is 5.48. The Morgan fingerprint density at radius 3 is 2.77 bits per heavy atom. The van der Waals surface area contributed by atoms with E-state index in [0.717, 1.165) is 42.2 Å². The maximum atomic E-state index is 12.9. The van der Waals surface area contributed by atoms with Gasteiger partial charge in [0.15, 0.2) is 5.96 Å². The van der Waals surface area contributed by atoms with Crippen molar-refractivity contribution in [2.24, 2.45) is 4.99 Å². The first-order chi connectivity index (χ1) is 15.2. The summed E-state index contributed by atoms with van der Waals surface area (Å²) in [4.78, 5) is 28.9. The topological polar surface area (TPSA) is 76.6 Å². The number of guanidine groups is 1. The summed E-state index contributed by atoms with van der Waals surface area (Å²) >= 11 is 0. The quantitative estimate of drug-likeness (QED) is 0.495. The number of benzene rings is 2. The molecule has 0 aliphatic carbocycles. The maximum absolute atomic E-state index is 12.9. The van der Waals surface area contributed by atoms with Crippen LogP contribution in [0.15, 0.2) is 65.8 Å². The van der Waals surface area contributed by atoms with Crippen LogP contribution in [0.25, 0.3) is 11.3 Å². The second kappa shape index (κ2) is 9.47. The van der Waals surface area contributed by atoms with E-state index >= 15 is 0 Å². The second-order valence-corrected chi connectivity index (χ2v) is 7.64. The van der Waals surface area contributed by atoms with Crippen LogP contribution in [0.4, 0.5) is 5.69 Å². The van der Waals surface area contributed by atoms with Gasteiger partial charge in [-0.05, 0) is 30.0 Å². The van der Waals surface area contributed by atoms with Gasteiger partial charge in [-0.25, -0.2) is 4.98 Å². The summed E-state index contributed by atoms with van der Waals surface area (Å²) in [5, 5.41) is 3.20. The standard InChI is InChI=1S/C24H28N6O/c1-25-24(27-16-23(31)30-14-8-12-19-11-6-7-13-21(19)30)29(2)17-22-26-15-20(28-22)18-9-4-3-5-10-18/h3-7,9-11,13,15H,8,12,14,16-17H2,1-2H3,(H,25,27)(H,26,28). The summed E-state index contributed by atoms with van der Waals surface area (Å²) < 4.78 is 0. The zero-order valence-electron chi connectivity index (χ0n) is 18.0. The number of para-hydroxylation sites is 1. The molecule has 2 N–H and O–H groups in total. The predicted octanol–water partition coefficient (Wildman–Crippen LogP) is 3.06. The van der Waals surface area contributed by atoms with Crippen LogP contribution < -0.4 is 10.2 Å². The Kier molecular flexibility index (Phi) is 6.31. The number of hydrogen-bond acceptors (Lipinski definition) is 3. The van der Waals surface area contributed by atoms with Gasteiger partial charge >= 0.3 is 0 Å². The van der Waals surface area contributed by atoms with Crippen molar-refractivity contribution in [3.8, 4) is 11.3 Å². The summed E-state index contributed by atoms with van der Waals surface area (Å²) in [6.07, 6.45) is 3.84. The van der Waals surface area contributed by atoms with E-state index in [-0.39, 0.29) is 12.5 Å². The van der Waals surface area contributed by atoms with Crippen molar-refractivity contribution in [2.75, 3.05) is 32.1 Å². The molecule has 2 heterocycles. The number of carbonyl (C=O) groups excluding carboxylic acids is 1. The Morgan fingerprint density at radius 1 is 1.19 bits per heavy atom. The number of hydrogen-bond donors (Lipinski definition) is 2. The first-order valence-electron chi connectivity index (χ1n) is 10.5. The third kappa shape index (κ3) is 4.77. The molecule has 0 saturated heterocycles. The SMILES string of the molecule is CN=C(NCC(=O)N1CCCc2ccccc21)N(C)Cc1ncc(-c2ccccc2)[nH]1. The fraction of sp³-hybridized carbons (Fsp3) is 0.292. The fourth-order valence-corrected chi connectivity index (χ4v) is 3.93. The van der Waals surface area contributed by atoms with Gasteiger partial charge in [-0.15, -0.1) is 0 Å². The Morgan fingerprint density at radius 2 is 1.97 bits per heavy atom. The minimum absolute atomic E-state index is 0.0473. The lowest BCUT2D eigenvalue weighted by atomic mass is 10.0. The lowest BCUT2D eigenvalue weighted by Gasteiger charge is -2.30. The van der Waals surface area contributed by atoms with E-state index in [4.69, 9.17) is 0 Å². The fourth-order valence-electron chi connectivity index (χ4n) is 3.93. The minimum atomic E-state index is 0.0473. The van der Waals surface area contributed by atoms with E-state index in [1.165, 1.54) is 5.56 Å². The molecule has 160 valence electrons. The number of carbonyl (C=O) groups is 1. The molecule has 0 radical (unpaired) electrons. The molecular weight excluding hydrogens is 388 g/mol. The summed E-state index contributed by atoms with van der Waals surface area (Å²) in [6, 6.07) is 18.2. The number of aliphatic imine (C=N–C) groups is 1. The number of nitrogens with one attached hydrogen (secondary N) is 2. The van der Waals surface area contributed by atoms with Gasteiger partial charge in [0.2, 0.25) is 5.91 Å². The van der Waals surface area contributed by atoms with Gasteiger partial charge in [-0.1, -0.05) is 48.5 Å². The van der Waals surface area contributed by atoms with Crippen LogP contribution in [0.5, 0.6) is 0 Å². The molecule has 0 bridgehead atoms. The molecule has 1 amide bonds. The molecule has 7 nitrogen and oxygen atoms in total. The normalized spacial score (nSPS) is 13.6. The Balaban J connectivity index is 1.35. The predicted molar refractivity (Wildman–Crippen MR) is 124 cm³/mol. The second-order valence-electron chi connectivity index (χ2n) is 7.64. The first kappa shape index (κ1) is 20.7. The zero-order valence-corrected chi connectivity index (χ0v) is 18.0. The zero-order chi connectivity index (χ0) is 21.6. The van der Waals surface area contributed by atoms with Crippen LogP contribution in [0.2, 0.25) is 0 Å². The van der Waals surface area contributed by atoms with Gasteiger partial charge < -0.3 is 20.1 Å². The molecule has 7 heteroatoms. The summed E-state index contributed by atoms with van der Waals surface area (Å²) in [7, 11) is 3.65. The van der Waals surface area contributed by atoms with Gasteiger partial charge in [0, 0.05) is 26.3 Å².